The molecule has 0 amide bonds. The van der Waals surface area contributed by atoms with Gasteiger partial charge in [-0.3, -0.25) is 0 Å². The fourth-order valence-corrected chi connectivity index (χ4v) is 2.11. The zero-order valence-corrected chi connectivity index (χ0v) is 10.9. The zero-order valence-electron chi connectivity index (χ0n) is 9.32. The molecule has 0 radical (unpaired) electrons. The van der Waals surface area contributed by atoms with Gasteiger partial charge in [0.15, 0.2) is 0 Å². The summed E-state index contributed by atoms with van der Waals surface area (Å²) in [6.45, 7) is 0.990. The van der Waals surface area contributed by atoms with Crippen LogP contribution in [0.2, 0.25) is 0 Å². The van der Waals surface area contributed by atoms with E-state index in [9.17, 15) is 4.79 Å². The first-order valence-electron chi connectivity index (χ1n) is 5.38. The highest BCUT2D eigenvalue weighted by Crippen LogP contribution is 2.18. The standard InChI is InChI=1S/C12H14BrNO3/c13-10-3-1-2-9(6-10)7-17-11(15)12(14)4-5-16-8-12/h1-3,6H,4-5,7-8,14H2. The molecule has 1 heterocycles. The maximum Gasteiger partial charge on any atom is 0.328 e. The molecule has 1 aromatic carbocycles. The van der Waals surface area contributed by atoms with Gasteiger partial charge in [-0.25, -0.2) is 4.79 Å². The van der Waals surface area contributed by atoms with Gasteiger partial charge in [-0.05, 0) is 17.7 Å². The average molecular weight is 300 g/mol. The molecule has 17 heavy (non-hydrogen) atoms. The molecule has 0 bridgehead atoms. The Bertz CT molecular complexity index is 416. The summed E-state index contributed by atoms with van der Waals surface area (Å²) < 4.78 is 11.3. The van der Waals surface area contributed by atoms with Crippen molar-refractivity contribution in [2.75, 3.05) is 13.2 Å². The third-order valence-electron chi connectivity index (χ3n) is 2.72. The van der Waals surface area contributed by atoms with Crippen LogP contribution in [0.5, 0.6) is 0 Å². The third kappa shape index (κ3) is 3.06. The summed E-state index contributed by atoms with van der Waals surface area (Å²) in [4.78, 5) is 11.8. The quantitative estimate of drug-likeness (QED) is 0.862. The van der Waals surface area contributed by atoms with Gasteiger partial charge in [-0.2, -0.15) is 0 Å². The van der Waals surface area contributed by atoms with Gasteiger partial charge in [0.1, 0.15) is 12.1 Å². The molecular formula is C12H14BrNO3. The van der Waals surface area contributed by atoms with Crippen LogP contribution in [0.15, 0.2) is 28.7 Å². The van der Waals surface area contributed by atoms with E-state index in [2.05, 4.69) is 15.9 Å². The lowest BCUT2D eigenvalue weighted by Crippen LogP contribution is -2.49. The maximum absolute atomic E-state index is 11.8. The number of benzene rings is 1. The van der Waals surface area contributed by atoms with E-state index in [0.29, 0.717) is 13.0 Å². The number of halogens is 1. The molecule has 1 aromatic rings. The van der Waals surface area contributed by atoms with Crippen molar-refractivity contribution in [3.05, 3.63) is 34.3 Å². The first-order valence-corrected chi connectivity index (χ1v) is 6.18. The predicted octanol–water partition coefficient (Wildman–Crippen LogP) is 1.61. The third-order valence-corrected chi connectivity index (χ3v) is 3.21. The van der Waals surface area contributed by atoms with E-state index in [4.69, 9.17) is 15.2 Å². The average Bonchev–Trinajstić information content (AvgIpc) is 2.74. The highest BCUT2D eigenvalue weighted by Gasteiger charge is 2.39. The minimum absolute atomic E-state index is 0.233. The molecule has 0 spiro atoms. The molecule has 4 nitrogen and oxygen atoms in total. The van der Waals surface area contributed by atoms with Crippen molar-refractivity contribution in [3.8, 4) is 0 Å². The van der Waals surface area contributed by atoms with Gasteiger partial charge in [-0.1, -0.05) is 28.1 Å². The Kier molecular flexibility index (Phi) is 3.81. The molecule has 92 valence electrons. The Morgan fingerprint density at radius 2 is 2.41 bits per heavy atom. The molecule has 1 aliphatic heterocycles. The second-order valence-electron chi connectivity index (χ2n) is 4.16. The van der Waals surface area contributed by atoms with Crippen LogP contribution in [-0.4, -0.2) is 24.7 Å². The lowest BCUT2D eigenvalue weighted by Gasteiger charge is -2.19. The summed E-state index contributed by atoms with van der Waals surface area (Å²) in [7, 11) is 0. The van der Waals surface area contributed by atoms with Crippen molar-refractivity contribution in [2.45, 2.75) is 18.6 Å². The Hall–Kier alpha value is -0.910. The normalized spacial score (nSPS) is 23.6. The van der Waals surface area contributed by atoms with E-state index in [1.165, 1.54) is 0 Å². The number of hydrogen-bond acceptors (Lipinski definition) is 4. The van der Waals surface area contributed by atoms with Crippen molar-refractivity contribution in [1.29, 1.82) is 0 Å². The summed E-state index contributed by atoms with van der Waals surface area (Å²) >= 11 is 3.36. The van der Waals surface area contributed by atoms with Crippen LogP contribution >= 0.6 is 15.9 Å². The highest BCUT2D eigenvalue weighted by molar-refractivity contribution is 9.10. The maximum atomic E-state index is 11.8. The van der Waals surface area contributed by atoms with Crippen LogP contribution in [0.4, 0.5) is 0 Å². The van der Waals surface area contributed by atoms with Gasteiger partial charge in [0.05, 0.1) is 6.61 Å². The molecular weight excluding hydrogens is 286 g/mol. The van der Waals surface area contributed by atoms with Crippen molar-refractivity contribution in [1.82, 2.24) is 0 Å². The molecule has 1 fully saturated rings. The Morgan fingerprint density at radius 3 is 3.06 bits per heavy atom. The lowest BCUT2D eigenvalue weighted by molar-refractivity contribution is -0.151. The highest BCUT2D eigenvalue weighted by atomic mass is 79.9. The van der Waals surface area contributed by atoms with Gasteiger partial charge in [0.25, 0.3) is 0 Å². The Balaban J connectivity index is 1.92. The van der Waals surface area contributed by atoms with Gasteiger partial charge >= 0.3 is 5.97 Å². The minimum atomic E-state index is -0.966. The summed E-state index contributed by atoms with van der Waals surface area (Å²) in [5, 5.41) is 0. The van der Waals surface area contributed by atoms with Crippen LogP contribution in [0.1, 0.15) is 12.0 Å². The number of carbonyl (C=O) groups is 1. The number of hydrogen-bond donors (Lipinski definition) is 1. The van der Waals surface area contributed by atoms with E-state index in [1.807, 2.05) is 24.3 Å². The van der Waals surface area contributed by atoms with Gasteiger partial charge in [-0.15, -0.1) is 0 Å². The molecule has 1 atom stereocenters. The molecule has 1 aliphatic rings. The van der Waals surface area contributed by atoms with E-state index < -0.39 is 11.5 Å². The van der Waals surface area contributed by atoms with Gasteiger partial charge < -0.3 is 15.2 Å². The first-order chi connectivity index (χ1) is 8.10. The molecule has 5 heteroatoms. The second-order valence-corrected chi connectivity index (χ2v) is 5.08. The molecule has 2 N–H and O–H groups in total. The summed E-state index contributed by atoms with van der Waals surface area (Å²) in [6, 6.07) is 7.61. The zero-order chi connectivity index (χ0) is 12.3. The Labute approximate surface area is 108 Å². The summed E-state index contributed by atoms with van der Waals surface area (Å²) in [5.41, 5.74) is 5.85. The van der Waals surface area contributed by atoms with Crippen LogP contribution in [0.25, 0.3) is 0 Å². The smallest absolute Gasteiger partial charge is 0.328 e. The molecule has 2 rings (SSSR count). The summed E-state index contributed by atoms with van der Waals surface area (Å²) in [5.74, 6) is -0.394. The molecule has 1 unspecified atom stereocenters. The SMILES string of the molecule is NC1(C(=O)OCc2cccc(Br)c2)CCOC1. The van der Waals surface area contributed by atoms with Crippen molar-refractivity contribution >= 4 is 21.9 Å². The van der Waals surface area contributed by atoms with E-state index in [-0.39, 0.29) is 13.2 Å². The number of esters is 1. The summed E-state index contributed by atoms with van der Waals surface area (Å²) in [6.07, 6.45) is 0.518. The van der Waals surface area contributed by atoms with E-state index in [1.54, 1.807) is 0 Å². The molecule has 1 saturated heterocycles. The van der Waals surface area contributed by atoms with Crippen molar-refractivity contribution in [3.63, 3.8) is 0 Å². The van der Waals surface area contributed by atoms with Crippen molar-refractivity contribution in [2.24, 2.45) is 5.73 Å². The first kappa shape index (κ1) is 12.5. The molecule has 0 aliphatic carbocycles. The minimum Gasteiger partial charge on any atom is -0.459 e. The number of ether oxygens (including phenoxy) is 2. The van der Waals surface area contributed by atoms with Gasteiger partial charge in [0, 0.05) is 17.5 Å². The van der Waals surface area contributed by atoms with E-state index >= 15 is 0 Å². The molecule has 0 aromatic heterocycles. The topological polar surface area (TPSA) is 61.6 Å². The van der Waals surface area contributed by atoms with Crippen LogP contribution in [0.3, 0.4) is 0 Å². The predicted molar refractivity (Wildman–Crippen MR) is 66.3 cm³/mol. The monoisotopic (exact) mass is 299 g/mol. The lowest BCUT2D eigenvalue weighted by atomic mass is 10.0. The fraction of sp³-hybridized carbons (Fsp3) is 0.417. The molecule has 0 saturated carbocycles. The number of nitrogens with two attached hydrogens (primary N) is 1. The Morgan fingerprint density at radius 1 is 1.59 bits per heavy atom. The number of rotatable bonds is 3. The van der Waals surface area contributed by atoms with E-state index in [0.717, 1.165) is 10.0 Å². The fourth-order valence-electron chi connectivity index (χ4n) is 1.66. The van der Waals surface area contributed by atoms with Crippen LogP contribution in [-0.2, 0) is 20.9 Å². The second kappa shape index (κ2) is 5.16. The van der Waals surface area contributed by atoms with Crippen molar-refractivity contribution < 1.29 is 14.3 Å². The van der Waals surface area contributed by atoms with Gasteiger partial charge in [0.2, 0.25) is 0 Å². The van der Waals surface area contributed by atoms with Crippen LogP contribution in [0, 0.1) is 0 Å². The number of carbonyl (C=O) groups excluding carboxylic acids is 1. The largest absolute Gasteiger partial charge is 0.459 e. The van der Waals surface area contributed by atoms with Crippen LogP contribution < -0.4 is 5.73 Å².